The van der Waals surface area contributed by atoms with Crippen LogP contribution in [0.2, 0.25) is 0 Å². The molecule has 3 rings (SSSR count). The minimum absolute atomic E-state index is 0.133. The highest BCUT2D eigenvalue weighted by atomic mass is 32.1. The number of benzene rings is 2. The smallest absolute Gasteiger partial charge is 0.255 e. The van der Waals surface area contributed by atoms with Gasteiger partial charge in [-0.05, 0) is 35.8 Å². The van der Waals surface area contributed by atoms with E-state index in [0.29, 0.717) is 16.8 Å². The van der Waals surface area contributed by atoms with E-state index in [1.807, 2.05) is 48.5 Å². The molecule has 0 fully saturated rings. The van der Waals surface area contributed by atoms with Crippen molar-refractivity contribution < 1.29 is 0 Å². The summed E-state index contributed by atoms with van der Waals surface area (Å²) in [6.45, 7) is 2.05. The normalized spacial score (nSPS) is 10.6. The maximum absolute atomic E-state index is 12.4. The molecule has 0 amide bonds. The molecule has 0 spiro atoms. The maximum atomic E-state index is 12.4. The minimum Gasteiger partial charge on any atom is -0.331 e. The summed E-state index contributed by atoms with van der Waals surface area (Å²) in [7, 11) is 0. The molecule has 110 valence electrons. The van der Waals surface area contributed by atoms with Crippen LogP contribution in [0, 0.1) is 11.7 Å². The molecule has 3 aromatic rings. The van der Waals surface area contributed by atoms with Crippen LogP contribution in [0.1, 0.15) is 16.7 Å². The van der Waals surface area contributed by atoms with Crippen LogP contribution < -0.4 is 5.56 Å². The predicted octanol–water partition coefficient (Wildman–Crippen LogP) is 4.00. The Bertz CT molecular complexity index is 910. The van der Waals surface area contributed by atoms with E-state index >= 15 is 0 Å². The lowest BCUT2D eigenvalue weighted by Gasteiger charge is -2.10. The van der Waals surface area contributed by atoms with Crippen molar-refractivity contribution in [2.45, 2.75) is 13.3 Å². The van der Waals surface area contributed by atoms with E-state index in [0.717, 1.165) is 16.8 Å². The summed E-state index contributed by atoms with van der Waals surface area (Å²) in [4.78, 5) is 18.2. The van der Waals surface area contributed by atoms with Gasteiger partial charge < -0.3 is 4.98 Å². The van der Waals surface area contributed by atoms with E-state index in [1.54, 1.807) is 0 Å². The summed E-state index contributed by atoms with van der Waals surface area (Å²) >= 11 is 5.13. The fourth-order valence-corrected chi connectivity index (χ4v) is 2.73. The Morgan fingerprint density at radius 3 is 2.36 bits per heavy atom. The van der Waals surface area contributed by atoms with Crippen molar-refractivity contribution in [3.05, 3.63) is 86.4 Å². The second kappa shape index (κ2) is 6.12. The fourth-order valence-electron chi connectivity index (χ4n) is 2.53. The number of aromatic nitrogens is 2. The molecule has 0 bridgehead atoms. The third kappa shape index (κ3) is 2.92. The van der Waals surface area contributed by atoms with Crippen molar-refractivity contribution in [1.29, 1.82) is 0 Å². The van der Waals surface area contributed by atoms with Crippen LogP contribution >= 0.6 is 12.2 Å². The molecule has 4 heteroatoms. The molecule has 1 heterocycles. The number of rotatable bonds is 3. The van der Waals surface area contributed by atoms with E-state index in [2.05, 4.69) is 23.0 Å². The SMILES string of the molecule is Cc1ccccc1Cc1c(-c2ccccc2)[nH]c(=S)[nH]c1=O. The van der Waals surface area contributed by atoms with Gasteiger partial charge in [-0.3, -0.25) is 9.78 Å². The molecule has 0 saturated heterocycles. The summed E-state index contributed by atoms with van der Waals surface area (Å²) in [5.74, 6) is 0. The molecule has 0 radical (unpaired) electrons. The summed E-state index contributed by atoms with van der Waals surface area (Å²) < 4.78 is 0.345. The number of nitrogens with one attached hydrogen (secondary N) is 2. The first kappa shape index (κ1) is 14.5. The number of hydrogen-bond acceptors (Lipinski definition) is 2. The largest absolute Gasteiger partial charge is 0.331 e. The van der Waals surface area contributed by atoms with E-state index in [-0.39, 0.29) is 5.56 Å². The summed E-state index contributed by atoms with van der Waals surface area (Å²) in [6.07, 6.45) is 0.568. The molecular formula is C18H16N2OS. The standard InChI is InChI=1S/C18H16N2OS/c1-12-7-5-6-10-14(12)11-15-16(13-8-3-2-4-9-13)19-18(22)20-17(15)21/h2-10H,11H2,1H3,(H2,19,20,21,22). The van der Waals surface area contributed by atoms with Gasteiger partial charge in [-0.25, -0.2) is 0 Å². The van der Waals surface area contributed by atoms with Crippen molar-refractivity contribution in [1.82, 2.24) is 9.97 Å². The molecule has 0 atom stereocenters. The van der Waals surface area contributed by atoms with Gasteiger partial charge in [-0.15, -0.1) is 0 Å². The summed E-state index contributed by atoms with van der Waals surface area (Å²) in [6, 6.07) is 17.9. The first-order chi connectivity index (χ1) is 10.6. The molecular weight excluding hydrogens is 292 g/mol. The Hall–Kier alpha value is -2.46. The van der Waals surface area contributed by atoms with Gasteiger partial charge in [0.25, 0.3) is 5.56 Å². The Morgan fingerprint density at radius 2 is 1.64 bits per heavy atom. The van der Waals surface area contributed by atoms with Gasteiger partial charge >= 0.3 is 0 Å². The highest BCUT2D eigenvalue weighted by Crippen LogP contribution is 2.21. The third-order valence-corrected chi connectivity index (χ3v) is 3.94. The third-order valence-electron chi connectivity index (χ3n) is 3.73. The quantitative estimate of drug-likeness (QED) is 0.719. The number of H-pyrrole nitrogens is 2. The van der Waals surface area contributed by atoms with Crippen molar-refractivity contribution in [3.63, 3.8) is 0 Å². The monoisotopic (exact) mass is 308 g/mol. The Morgan fingerprint density at radius 1 is 0.955 bits per heavy atom. The molecule has 0 saturated carbocycles. The van der Waals surface area contributed by atoms with Crippen LogP contribution in [0.25, 0.3) is 11.3 Å². The Balaban J connectivity index is 2.17. The van der Waals surface area contributed by atoms with Crippen LogP contribution in [-0.4, -0.2) is 9.97 Å². The number of hydrogen-bond donors (Lipinski definition) is 2. The first-order valence-corrected chi connectivity index (χ1v) is 7.51. The molecule has 0 aliphatic carbocycles. The summed E-state index contributed by atoms with van der Waals surface area (Å²) in [5.41, 5.74) is 4.62. The van der Waals surface area contributed by atoms with E-state index < -0.39 is 0 Å². The topological polar surface area (TPSA) is 48.6 Å². The van der Waals surface area contributed by atoms with Gasteiger partial charge in [-0.2, -0.15) is 0 Å². The molecule has 22 heavy (non-hydrogen) atoms. The lowest BCUT2D eigenvalue weighted by atomic mass is 9.98. The zero-order valence-electron chi connectivity index (χ0n) is 12.2. The number of aromatic amines is 2. The summed E-state index contributed by atoms with van der Waals surface area (Å²) in [5, 5.41) is 0. The van der Waals surface area contributed by atoms with Crippen LogP contribution in [0.15, 0.2) is 59.4 Å². The van der Waals surface area contributed by atoms with E-state index in [1.165, 1.54) is 5.56 Å². The van der Waals surface area contributed by atoms with Gasteiger partial charge in [0.15, 0.2) is 4.77 Å². The van der Waals surface area contributed by atoms with Crippen LogP contribution in [0.4, 0.5) is 0 Å². The molecule has 0 aliphatic rings. The molecule has 3 nitrogen and oxygen atoms in total. The number of aryl methyl sites for hydroxylation is 1. The molecule has 1 aromatic heterocycles. The average molecular weight is 308 g/mol. The molecule has 0 aliphatic heterocycles. The lowest BCUT2D eigenvalue weighted by Crippen LogP contribution is -2.16. The van der Waals surface area contributed by atoms with Gasteiger partial charge in [0, 0.05) is 12.0 Å². The maximum Gasteiger partial charge on any atom is 0.255 e. The van der Waals surface area contributed by atoms with Crippen molar-refractivity contribution in [3.8, 4) is 11.3 Å². The second-order valence-electron chi connectivity index (χ2n) is 5.23. The van der Waals surface area contributed by atoms with Crippen molar-refractivity contribution >= 4 is 12.2 Å². The zero-order chi connectivity index (χ0) is 15.5. The van der Waals surface area contributed by atoms with Crippen LogP contribution in [0.5, 0.6) is 0 Å². The van der Waals surface area contributed by atoms with Crippen molar-refractivity contribution in [2.75, 3.05) is 0 Å². The molecule has 2 aromatic carbocycles. The van der Waals surface area contributed by atoms with Crippen LogP contribution in [0.3, 0.4) is 0 Å². The fraction of sp³-hybridized carbons (Fsp3) is 0.111. The van der Waals surface area contributed by atoms with Gasteiger partial charge in [0.05, 0.1) is 5.69 Å². The highest BCUT2D eigenvalue weighted by molar-refractivity contribution is 7.71. The Labute approximate surface area is 133 Å². The molecule has 0 unspecified atom stereocenters. The van der Waals surface area contributed by atoms with Gasteiger partial charge in [0.1, 0.15) is 0 Å². The highest BCUT2D eigenvalue weighted by Gasteiger charge is 2.12. The van der Waals surface area contributed by atoms with E-state index in [4.69, 9.17) is 12.2 Å². The van der Waals surface area contributed by atoms with Crippen molar-refractivity contribution in [2.24, 2.45) is 0 Å². The van der Waals surface area contributed by atoms with Crippen LogP contribution in [-0.2, 0) is 6.42 Å². The average Bonchev–Trinajstić information content (AvgIpc) is 2.52. The minimum atomic E-state index is -0.133. The Kier molecular flexibility index (Phi) is 4.02. The van der Waals surface area contributed by atoms with E-state index in [9.17, 15) is 4.79 Å². The van der Waals surface area contributed by atoms with Gasteiger partial charge in [-0.1, -0.05) is 54.6 Å². The van der Waals surface area contributed by atoms with Gasteiger partial charge in [0.2, 0.25) is 0 Å². The zero-order valence-corrected chi connectivity index (χ0v) is 13.0. The second-order valence-corrected chi connectivity index (χ2v) is 5.64. The lowest BCUT2D eigenvalue weighted by molar-refractivity contribution is 1.01. The first-order valence-electron chi connectivity index (χ1n) is 7.10. The molecule has 2 N–H and O–H groups in total. The predicted molar refractivity (Wildman–Crippen MR) is 91.7 cm³/mol.